The number of ether oxygens (including phenoxy) is 4. The average Bonchev–Trinajstić information content (AvgIpc) is 3.89. The number of carboxylic acids is 1. The fourth-order valence-electron chi connectivity index (χ4n) is 8.48. The minimum atomic E-state index is -1.08. The van der Waals surface area contributed by atoms with Gasteiger partial charge in [-0.3, -0.25) is 48.1 Å². The van der Waals surface area contributed by atoms with E-state index < -0.39 is 71.7 Å². The van der Waals surface area contributed by atoms with Crippen molar-refractivity contribution in [3.05, 3.63) is 50.4 Å². The van der Waals surface area contributed by atoms with E-state index in [9.17, 15) is 53.4 Å². The fraction of sp³-hybridized carbons (Fsp3) is 0.623. The van der Waals surface area contributed by atoms with Crippen LogP contribution in [-0.4, -0.2) is 170 Å². The first kappa shape index (κ1) is 66.3. The molecule has 7 N–H and O–H groups in total. The van der Waals surface area contributed by atoms with E-state index in [1.807, 2.05) is 39.6 Å². The van der Waals surface area contributed by atoms with Crippen molar-refractivity contribution >= 4 is 86.3 Å². The largest absolute Gasteiger partial charge is 0.506 e. The first-order valence-corrected chi connectivity index (χ1v) is 27.8. The lowest BCUT2D eigenvalue weighted by Gasteiger charge is -2.38. The van der Waals surface area contributed by atoms with E-state index in [2.05, 4.69) is 52.2 Å². The lowest BCUT2D eigenvalue weighted by molar-refractivity contribution is -0.149. The smallest absolute Gasteiger partial charge is 0.307 e. The second-order valence-corrected chi connectivity index (χ2v) is 21.4. The summed E-state index contributed by atoms with van der Waals surface area (Å²) in [4.78, 5) is 123. The lowest BCUT2D eigenvalue weighted by atomic mass is 9.92. The number of carboxylic acid groups (broad SMARTS) is 1. The molecule has 1 fully saturated rings. The molecule has 434 valence electrons. The van der Waals surface area contributed by atoms with Crippen LogP contribution in [0.5, 0.6) is 5.75 Å². The number of methoxy groups -OCH3 is 1. The molecule has 0 bridgehead atoms. The number of likely N-dealkylation sites (tertiary alicyclic amines) is 1. The van der Waals surface area contributed by atoms with Crippen LogP contribution in [0.15, 0.2) is 34.1 Å². The number of rotatable bonds is 33. The Bertz CT molecular complexity index is 2390. The Morgan fingerprint density at radius 1 is 0.949 bits per heavy atom. The number of amides is 6. The molecular weight excluding hydrogens is 1100 g/mol. The van der Waals surface area contributed by atoms with Crippen molar-refractivity contribution in [2.45, 2.75) is 130 Å². The van der Waals surface area contributed by atoms with E-state index in [0.29, 0.717) is 23.4 Å². The molecule has 1 aliphatic rings. The normalized spacial score (nSPS) is 16.1. The number of thiazole rings is 1. The summed E-state index contributed by atoms with van der Waals surface area (Å²) in [7, 11) is 4.82. The van der Waals surface area contributed by atoms with Crippen LogP contribution in [0.2, 0.25) is 0 Å². The van der Waals surface area contributed by atoms with Gasteiger partial charge in [0.2, 0.25) is 23.6 Å². The summed E-state index contributed by atoms with van der Waals surface area (Å²) in [6.45, 7) is 11.9. The van der Waals surface area contributed by atoms with Gasteiger partial charge in [0.25, 0.3) is 11.8 Å². The second-order valence-electron chi connectivity index (χ2n) is 19.6. The molecule has 0 aliphatic carbocycles. The highest BCUT2D eigenvalue weighted by Crippen LogP contribution is 2.32. The summed E-state index contributed by atoms with van der Waals surface area (Å²) >= 11 is 4.11. The number of phenolic OH excluding ortho intramolecular Hbond substituents is 1. The highest BCUT2D eigenvalue weighted by atomic mass is 79.9. The topological polar surface area (TPSA) is 311 Å². The molecule has 1 unspecified atom stereocenters. The minimum absolute atomic E-state index is 0.00760. The zero-order valence-electron chi connectivity index (χ0n) is 46.1. The maximum atomic E-state index is 14.3. The van der Waals surface area contributed by atoms with E-state index >= 15 is 0 Å². The average molecular weight is 1180 g/mol. The number of likely N-dealkylation sites (N-methyl/N-ethyl adjacent to an activating group) is 2. The SMILES string of the molecule is CC[C@H](C)[C@H](NC(=O)[C@H]1CCCCN1C)C(=O)N(C)[C@H](C[C@@H](OC(C)=O)c1nc(C(=O)N[C@@H](Cc2ccc(O)c(NC(=O)CCOCCOCCNC(=O)/C=C(/Br)C(=O)NCCC(=O)OC)c2)CC(C)C(=O)O)cs1)C(C)C. The van der Waals surface area contributed by atoms with Gasteiger partial charge in [0.15, 0.2) is 6.10 Å². The van der Waals surface area contributed by atoms with Gasteiger partial charge >= 0.3 is 17.9 Å². The first-order valence-electron chi connectivity index (χ1n) is 26.2. The number of halogens is 1. The lowest BCUT2D eigenvalue weighted by Crippen LogP contribution is -2.58. The number of phenols is 1. The zero-order chi connectivity index (χ0) is 58.1. The van der Waals surface area contributed by atoms with Crippen LogP contribution in [0, 0.1) is 17.8 Å². The van der Waals surface area contributed by atoms with E-state index in [0.717, 1.165) is 36.8 Å². The number of nitrogens with zero attached hydrogens (tertiary/aromatic N) is 3. The number of aliphatic carboxylic acids is 1. The van der Waals surface area contributed by atoms with Gasteiger partial charge in [-0.05, 0) is 84.7 Å². The van der Waals surface area contributed by atoms with Crippen molar-refractivity contribution < 1.29 is 72.3 Å². The van der Waals surface area contributed by atoms with Gasteiger partial charge in [-0.2, -0.15) is 0 Å². The third-order valence-electron chi connectivity index (χ3n) is 13.2. The van der Waals surface area contributed by atoms with E-state index in [4.69, 9.17) is 14.2 Å². The Balaban J connectivity index is 1.60. The second kappa shape index (κ2) is 34.1. The molecule has 3 rings (SSSR count). The summed E-state index contributed by atoms with van der Waals surface area (Å²) in [5, 5.41) is 35.9. The minimum Gasteiger partial charge on any atom is -0.506 e. The third-order valence-corrected chi connectivity index (χ3v) is 14.7. The van der Waals surface area contributed by atoms with Gasteiger partial charge in [-0.1, -0.05) is 53.5 Å². The molecular formula is C53H79BrN8O15S. The summed E-state index contributed by atoms with van der Waals surface area (Å²) in [6, 6.07) is 2.11. The quantitative estimate of drug-likeness (QED) is 0.0228. The van der Waals surface area contributed by atoms with Crippen LogP contribution in [0.25, 0.3) is 0 Å². The number of nitrogens with one attached hydrogen (secondary N) is 5. The standard InChI is InChI=1S/C53H79BrN8O15S/c1-10-32(4)47(60-50(70)40-13-11-12-20-61(40)7)52(71)62(8)41(31(2)3)29-43(77-34(6)63)51-59-39(30-78-51)49(69)57-36(25-33(5)53(72)73)26-35-14-15-42(64)38(27-35)58-44(65)17-21-75-23-24-76-22-19-55-45(66)28-37(54)48(68)56-18-16-46(67)74-9/h14-15,27-28,30-33,36,40-41,43,47,64H,10-13,16-26,29H2,1-9H3,(H,55,66)(H,56,68)(H,57,69)(H,58,65)(H,60,70)(H,72,73)/b37-28+/t32-,33?,36+,40+,41+,43+,47-/m0/s1. The van der Waals surface area contributed by atoms with Crippen LogP contribution in [-0.2, 0) is 63.7 Å². The van der Waals surface area contributed by atoms with Crippen molar-refractivity contribution in [3.8, 4) is 5.75 Å². The van der Waals surface area contributed by atoms with Crippen molar-refractivity contribution in [1.82, 2.24) is 36.1 Å². The van der Waals surface area contributed by atoms with E-state index in [1.54, 1.807) is 18.0 Å². The molecule has 23 nitrogen and oxygen atoms in total. The fourth-order valence-corrected chi connectivity index (χ4v) is 9.66. The number of carbonyl (C=O) groups excluding carboxylic acids is 8. The van der Waals surface area contributed by atoms with Gasteiger partial charge in [0.05, 0.1) is 68.5 Å². The maximum Gasteiger partial charge on any atom is 0.307 e. The van der Waals surface area contributed by atoms with Gasteiger partial charge in [0.1, 0.15) is 22.5 Å². The molecule has 0 spiro atoms. The Morgan fingerprint density at radius 3 is 2.29 bits per heavy atom. The summed E-state index contributed by atoms with van der Waals surface area (Å²) in [6.07, 6.45) is 3.52. The predicted octanol–water partition coefficient (Wildman–Crippen LogP) is 4.23. The molecule has 1 aromatic carbocycles. The molecule has 25 heteroatoms. The van der Waals surface area contributed by atoms with Crippen LogP contribution < -0.4 is 26.6 Å². The van der Waals surface area contributed by atoms with Crippen LogP contribution in [0.4, 0.5) is 5.69 Å². The number of hydrogen-bond donors (Lipinski definition) is 7. The number of aromatic nitrogens is 1. The number of benzene rings is 1. The Morgan fingerprint density at radius 2 is 1.65 bits per heavy atom. The Kier molecular flexibility index (Phi) is 29.0. The van der Waals surface area contributed by atoms with Crippen molar-refractivity contribution in [3.63, 3.8) is 0 Å². The van der Waals surface area contributed by atoms with Crippen LogP contribution in [0.1, 0.15) is 120 Å². The molecule has 2 heterocycles. The van der Waals surface area contributed by atoms with Gasteiger partial charge < -0.3 is 60.6 Å². The number of esters is 2. The van der Waals surface area contributed by atoms with Crippen molar-refractivity contribution in [2.24, 2.45) is 17.8 Å². The number of carbonyl (C=O) groups is 9. The molecule has 1 aliphatic heterocycles. The van der Waals surface area contributed by atoms with E-state index in [1.165, 1.54) is 38.5 Å². The first-order chi connectivity index (χ1) is 36.9. The molecule has 6 amide bonds. The number of hydrogen-bond acceptors (Lipinski definition) is 17. The summed E-state index contributed by atoms with van der Waals surface area (Å²) < 4.78 is 21.2. The molecule has 78 heavy (non-hydrogen) atoms. The van der Waals surface area contributed by atoms with Crippen LogP contribution >= 0.6 is 27.3 Å². The van der Waals surface area contributed by atoms with E-state index in [-0.39, 0.29) is 123 Å². The molecule has 1 saturated heterocycles. The van der Waals surface area contributed by atoms with Gasteiger partial charge in [-0.15, -0.1) is 11.3 Å². The number of piperidine rings is 1. The molecule has 7 atom stereocenters. The highest BCUT2D eigenvalue weighted by molar-refractivity contribution is 9.12. The number of aromatic hydroxyl groups is 1. The van der Waals surface area contributed by atoms with Gasteiger partial charge in [0, 0.05) is 57.0 Å². The summed E-state index contributed by atoms with van der Waals surface area (Å²) in [5.74, 6) is -6.26. The maximum absolute atomic E-state index is 14.3. The predicted molar refractivity (Wildman–Crippen MR) is 293 cm³/mol. The third kappa shape index (κ3) is 22.8. The van der Waals surface area contributed by atoms with Gasteiger partial charge in [-0.25, -0.2) is 4.98 Å². The van der Waals surface area contributed by atoms with Crippen molar-refractivity contribution in [2.75, 3.05) is 72.6 Å². The molecule has 1 aromatic heterocycles. The summed E-state index contributed by atoms with van der Waals surface area (Å²) in [5.41, 5.74) is 0.633. The monoisotopic (exact) mass is 1180 g/mol. The highest BCUT2D eigenvalue weighted by Gasteiger charge is 2.37. The number of anilines is 1. The molecule has 0 saturated carbocycles. The zero-order valence-corrected chi connectivity index (χ0v) is 48.6. The Hall–Kier alpha value is -6.02. The van der Waals surface area contributed by atoms with Crippen LogP contribution in [0.3, 0.4) is 0 Å². The molecule has 2 aromatic rings. The Labute approximate surface area is 468 Å². The van der Waals surface area contributed by atoms with Crippen molar-refractivity contribution in [1.29, 1.82) is 0 Å². The molecule has 0 radical (unpaired) electrons.